The molecule has 0 heterocycles. The molecule has 0 aliphatic heterocycles. The highest BCUT2D eigenvalue weighted by Crippen LogP contribution is 2.29. The van der Waals surface area contributed by atoms with Crippen molar-refractivity contribution in [1.82, 2.24) is 0 Å². The van der Waals surface area contributed by atoms with Crippen LogP contribution < -0.4 is 10.5 Å². The first-order chi connectivity index (χ1) is 8.97. The van der Waals surface area contributed by atoms with Gasteiger partial charge in [0, 0.05) is 17.1 Å². The third-order valence-electron chi connectivity index (χ3n) is 2.59. The molecule has 2 nitrogen and oxygen atoms in total. The molecule has 0 radical (unpaired) electrons. The van der Waals surface area contributed by atoms with E-state index >= 15 is 0 Å². The summed E-state index contributed by atoms with van der Waals surface area (Å²) in [5.74, 6) is -1.25. The van der Waals surface area contributed by atoms with Crippen LogP contribution in [-0.2, 0) is 0 Å². The highest BCUT2D eigenvalue weighted by molar-refractivity contribution is 6.31. The summed E-state index contributed by atoms with van der Waals surface area (Å²) in [6.45, 7) is 1.82. The van der Waals surface area contributed by atoms with E-state index in [0.29, 0.717) is 10.8 Å². The Labute approximate surface area is 114 Å². The smallest absolute Gasteiger partial charge is 0.162 e. The highest BCUT2D eigenvalue weighted by atomic mass is 35.5. The van der Waals surface area contributed by atoms with Crippen LogP contribution in [0.2, 0.25) is 5.02 Å². The van der Waals surface area contributed by atoms with Gasteiger partial charge in [-0.1, -0.05) is 17.7 Å². The predicted molar refractivity (Wildman–Crippen MR) is 70.5 cm³/mol. The van der Waals surface area contributed by atoms with Gasteiger partial charge >= 0.3 is 0 Å². The third-order valence-corrected chi connectivity index (χ3v) is 2.92. The second kappa shape index (κ2) is 5.55. The largest absolute Gasteiger partial charge is 0.457 e. The molecule has 0 aliphatic rings. The molecule has 0 bridgehead atoms. The van der Waals surface area contributed by atoms with E-state index in [1.165, 1.54) is 6.07 Å². The monoisotopic (exact) mass is 283 g/mol. The molecule has 0 spiro atoms. The summed E-state index contributed by atoms with van der Waals surface area (Å²) in [6.07, 6.45) is 0. The summed E-state index contributed by atoms with van der Waals surface area (Å²) < 4.78 is 31.2. The van der Waals surface area contributed by atoms with E-state index in [1.54, 1.807) is 18.2 Å². The summed E-state index contributed by atoms with van der Waals surface area (Å²) in [5, 5.41) is 0.468. The van der Waals surface area contributed by atoms with Crippen LogP contribution in [0.4, 0.5) is 8.78 Å². The van der Waals surface area contributed by atoms with Crippen molar-refractivity contribution >= 4 is 11.6 Å². The lowest BCUT2D eigenvalue weighted by molar-refractivity contribution is 0.461. The molecule has 0 aromatic heterocycles. The molecule has 19 heavy (non-hydrogen) atoms. The van der Waals surface area contributed by atoms with Crippen LogP contribution in [0.15, 0.2) is 36.4 Å². The van der Waals surface area contributed by atoms with Gasteiger partial charge in [0.05, 0.1) is 0 Å². The predicted octanol–water partition coefficient (Wildman–Crippen LogP) is 4.43. The Morgan fingerprint density at radius 1 is 1.05 bits per heavy atom. The number of halogens is 3. The van der Waals surface area contributed by atoms with Gasteiger partial charge in [0.15, 0.2) is 11.6 Å². The van der Waals surface area contributed by atoms with E-state index in [9.17, 15) is 8.78 Å². The van der Waals surface area contributed by atoms with Crippen molar-refractivity contribution < 1.29 is 13.5 Å². The number of nitrogens with two attached hydrogens (primary N) is 1. The maximum absolute atomic E-state index is 13.0. The van der Waals surface area contributed by atoms with E-state index in [0.717, 1.165) is 17.7 Å². The quantitative estimate of drug-likeness (QED) is 0.904. The Kier molecular flexibility index (Phi) is 4.02. The average molecular weight is 284 g/mol. The lowest BCUT2D eigenvalue weighted by Gasteiger charge is -2.11. The van der Waals surface area contributed by atoms with Crippen molar-refractivity contribution in [3.05, 3.63) is 58.6 Å². The summed E-state index contributed by atoms with van der Waals surface area (Å²) >= 11 is 6.05. The fourth-order valence-corrected chi connectivity index (χ4v) is 1.96. The highest BCUT2D eigenvalue weighted by Gasteiger charge is 2.08. The normalized spacial score (nSPS) is 12.3. The molecule has 0 saturated heterocycles. The number of rotatable bonds is 3. The summed E-state index contributed by atoms with van der Waals surface area (Å²) in [5.41, 5.74) is 6.53. The average Bonchev–Trinajstić information content (AvgIpc) is 2.33. The zero-order valence-electron chi connectivity index (χ0n) is 10.2. The first-order valence-electron chi connectivity index (χ1n) is 5.65. The molecule has 5 heteroatoms. The van der Waals surface area contributed by atoms with Crippen LogP contribution in [0.25, 0.3) is 0 Å². The zero-order chi connectivity index (χ0) is 14.0. The number of hydrogen-bond acceptors (Lipinski definition) is 2. The molecule has 1 atom stereocenters. The van der Waals surface area contributed by atoms with Crippen LogP contribution in [0.3, 0.4) is 0 Å². The molecule has 2 aromatic rings. The van der Waals surface area contributed by atoms with Gasteiger partial charge in [-0.2, -0.15) is 0 Å². The van der Waals surface area contributed by atoms with Crippen molar-refractivity contribution in [3.63, 3.8) is 0 Å². The van der Waals surface area contributed by atoms with Crippen molar-refractivity contribution in [2.24, 2.45) is 5.73 Å². The van der Waals surface area contributed by atoms with Gasteiger partial charge in [-0.05, 0) is 36.8 Å². The molecule has 0 aliphatic carbocycles. The van der Waals surface area contributed by atoms with Crippen molar-refractivity contribution in [3.8, 4) is 11.5 Å². The standard InChI is InChI=1S/C14H12ClF2NO/c1-8(18)11-4-2-9(6-12(11)15)19-10-3-5-13(16)14(17)7-10/h2-8H,18H2,1H3. The molecule has 2 rings (SSSR count). The summed E-state index contributed by atoms with van der Waals surface area (Å²) in [4.78, 5) is 0. The van der Waals surface area contributed by atoms with Crippen LogP contribution in [0, 0.1) is 11.6 Å². The Morgan fingerprint density at radius 2 is 1.68 bits per heavy atom. The van der Waals surface area contributed by atoms with Crippen molar-refractivity contribution in [2.75, 3.05) is 0 Å². The van der Waals surface area contributed by atoms with Gasteiger partial charge in [-0.25, -0.2) is 8.78 Å². The molecular formula is C14H12ClF2NO. The second-order valence-electron chi connectivity index (χ2n) is 4.15. The number of benzene rings is 2. The van der Waals surface area contributed by atoms with Gasteiger partial charge in [0.2, 0.25) is 0 Å². The molecule has 0 saturated carbocycles. The lowest BCUT2D eigenvalue weighted by atomic mass is 10.1. The topological polar surface area (TPSA) is 35.2 Å². The van der Waals surface area contributed by atoms with E-state index in [-0.39, 0.29) is 11.8 Å². The molecule has 0 fully saturated rings. The van der Waals surface area contributed by atoms with E-state index < -0.39 is 11.6 Å². The molecule has 2 N–H and O–H groups in total. The van der Waals surface area contributed by atoms with Crippen molar-refractivity contribution in [1.29, 1.82) is 0 Å². The lowest BCUT2D eigenvalue weighted by Crippen LogP contribution is -2.05. The van der Waals surface area contributed by atoms with Crippen LogP contribution in [0.5, 0.6) is 11.5 Å². The maximum atomic E-state index is 13.0. The molecule has 2 aromatic carbocycles. The molecule has 100 valence electrons. The van der Waals surface area contributed by atoms with Gasteiger partial charge in [-0.15, -0.1) is 0 Å². The fraction of sp³-hybridized carbons (Fsp3) is 0.143. The minimum Gasteiger partial charge on any atom is -0.457 e. The summed E-state index contributed by atoms with van der Waals surface area (Å²) in [7, 11) is 0. The van der Waals surface area contributed by atoms with Gasteiger partial charge < -0.3 is 10.5 Å². The van der Waals surface area contributed by atoms with Crippen LogP contribution in [0.1, 0.15) is 18.5 Å². The first-order valence-corrected chi connectivity index (χ1v) is 6.03. The minimum atomic E-state index is -0.962. The maximum Gasteiger partial charge on any atom is 0.162 e. The Balaban J connectivity index is 2.24. The van der Waals surface area contributed by atoms with Crippen molar-refractivity contribution in [2.45, 2.75) is 13.0 Å². The summed E-state index contributed by atoms with van der Waals surface area (Å²) in [6, 6.07) is 8.12. The number of ether oxygens (including phenoxy) is 1. The van der Waals surface area contributed by atoms with Gasteiger partial charge in [0.1, 0.15) is 11.5 Å². The third kappa shape index (κ3) is 3.22. The van der Waals surface area contributed by atoms with E-state index in [4.69, 9.17) is 22.1 Å². The molecular weight excluding hydrogens is 272 g/mol. The zero-order valence-corrected chi connectivity index (χ0v) is 10.9. The number of hydrogen-bond donors (Lipinski definition) is 1. The fourth-order valence-electron chi connectivity index (χ4n) is 1.62. The Hall–Kier alpha value is -1.65. The van der Waals surface area contributed by atoms with Crippen LogP contribution >= 0.6 is 11.6 Å². The Bertz CT molecular complexity index is 602. The van der Waals surface area contributed by atoms with E-state index in [1.807, 2.05) is 6.92 Å². The van der Waals surface area contributed by atoms with Gasteiger partial charge in [-0.3, -0.25) is 0 Å². The molecule has 1 unspecified atom stereocenters. The molecule has 0 amide bonds. The van der Waals surface area contributed by atoms with Crippen LogP contribution in [-0.4, -0.2) is 0 Å². The van der Waals surface area contributed by atoms with E-state index in [2.05, 4.69) is 0 Å². The van der Waals surface area contributed by atoms with Gasteiger partial charge in [0.25, 0.3) is 0 Å². The SMILES string of the molecule is CC(N)c1ccc(Oc2ccc(F)c(F)c2)cc1Cl. The Morgan fingerprint density at radius 3 is 2.26 bits per heavy atom. The minimum absolute atomic E-state index is 0.190. The second-order valence-corrected chi connectivity index (χ2v) is 4.56. The first kappa shape index (κ1) is 13.8.